The van der Waals surface area contributed by atoms with E-state index in [0.29, 0.717) is 18.8 Å². The maximum absolute atomic E-state index is 12.1. The summed E-state index contributed by atoms with van der Waals surface area (Å²) in [5.41, 5.74) is 0.755. The molecule has 1 aromatic carbocycles. The van der Waals surface area contributed by atoms with Crippen LogP contribution in [0.2, 0.25) is 0 Å². The fourth-order valence-corrected chi connectivity index (χ4v) is 1.99. The van der Waals surface area contributed by atoms with Gasteiger partial charge in [0.25, 0.3) is 11.8 Å². The Morgan fingerprint density at radius 1 is 1.15 bits per heavy atom. The van der Waals surface area contributed by atoms with E-state index < -0.39 is 23.9 Å². The average Bonchev–Trinajstić information content (AvgIpc) is 3.17. The van der Waals surface area contributed by atoms with Crippen molar-refractivity contribution in [2.24, 2.45) is 0 Å². The van der Waals surface area contributed by atoms with E-state index in [9.17, 15) is 14.4 Å². The lowest BCUT2D eigenvalue weighted by Gasteiger charge is -2.13. The van der Waals surface area contributed by atoms with E-state index in [0.717, 1.165) is 0 Å². The van der Waals surface area contributed by atoms with Gasteiger partial charge in [0.15, 0.2) is 11.9 Å². The van der Waals surface area contributed by atoms with E-state index in [2.05, 4.69) is 10.6 Å². The molecule has 0 aliphatic heterocycles. The van der Waals surface area contributed by atoms with E-state index in [4.69, 9.17) is 13.9 Å². The van der Waals surface area contributed by atoms with Crippen molar-refractivity contribution < 1.29 is 28.3 Å². The van der Waals surface area contributed by atoms with Crippen LogP contribution in [0, 0.1) is 0 Å². The second-order valence-electron chi connectivity index (χ2n) is 5.34. The second kappa shape index (κ2) is 9.38. The van der Waals surface area contributed by atoms with Crippen LogP contribution in [-0.4, -0.2) is 44.1 Å². The molecule has 26 heavy (non-hydrogen) atoms. The number of rotatable bonds is 8. The van der Waals surface area contributed by atoms with E-state index >= 15 is 0 Å². The molecule has 2 aromatic rings. The van der Waals surface area contributed by atoms with Crippen LogP contribution in [0.3, 0.4) is 0 Å². The Labute approximate surface area is 150 Å². The van der Waals surface area contributed by atoms with Crippen LogP contribution in [0.25, 0.3) is 0 Å². The predicted octanol–water partition coefficient (Wildman–Crippen LogP) is 1.84. The number of nitrogens with one attached hydrogen (secondary N) is 2. The highest BCUT2D eigenvalue weighted by atomic mass is 16.5. The van der Waals surface area contributed by atoms with Gasteiger partial charge < -0.3 is 24.5 Å². The lowest BCUT2D eigenvalue weighted by molar-refractivity contribution is -0.129. The first kappa shape index (κ1) is 19.2. The molecule has 2 amide bonds. The second-order valence-corrected chi connectivity index (χ2v) is 5.34. The Hall–Kier alpha value is -3.13. The van der Waals surface area contributed by atoms with Gasteiger partial charge >= 0.3 is 5.97 Å². The third-order valence-electron chi connectivity index (χ3n) is 3.38. The molecule has 1 atom stereocenters. The molecule has 0 radical (unpaired) electrons. The van der Waals surface area contributed by atoms with Gasteiger partial charge in [-0.3, -0.25) is 9.59 Å². The number of furan rings is 1. The first-order valence-corrected chi connectivity index (χ1v) is 7.94. The molecule has 0 saturated carbocycles. The molecular weight excluding hydrogens is 340 g/mol. The Bertz CT molecular complexity index is 740. The van der Waals surface area contributed by atoms with Crippen LogP contribution in [0.4, 0.5) is 5.69 Å². The molecule has 0 fully saturated rings. The predicted molar refractivity (Wildman–Crippen MR) is 92.9 cm³/mol. The summed E-state index contributed by atoms with van der Waals surface area (Å²) in [4.78, 5) is 35.7. The third kappa shape index (κ3) is 5.45. The number of anilines is 1. The average molecular weight is 360 g/mol. The number of hydrogen-bond donors (Lipinski definition) is 2. The van der Waals surface area contributed by atoms with E-state index in [1.54, 1.807) is 24.3 Å². The van der Waals surface area contributed by atoms with Crippen LogP contribution >= 0.6 is 0 Å². The van der Waals surface area contributed by atoms with Crippen molar-refractivity contribution in [2.75, 3.05) is 25.6 Å². The fourth-order valence-electron chi connectivity index (χ4n) is 1.99. The summed E-state index contributed by atoms with van der Waals surface area (Å²) in [6.07, 6.45) is 0.471. The molecule has 8 heteroatoms. The molecule has 1 heterocycles. The van der Waals surface area contributed by atoms with Crippen molar-refractivity contribution in [2.45, 2.75) is 13.0 Å². The molecule has 0 aliphatic carbocycles. The van der Waals surface area contributed by atoms with Crippen LogP contribution in [0.15, 0.2) is 47.1 Å². The Kier molecular flexibility index (Phi) is 6.92. The highest BCUT2D eigenvalue weighted by Gasteiger charge is 2.18. The summed E-state index contributed by atoms with van der Waals surface area (Å²) in [6, 6.07) is 9.26. The van der Waals surface area contributed by atoms with Crippen molar-refractivity contribution in [1.29, 1.82) is 0 Å². The number of amides is 2. The van der Waals surface area contributed by atoms with Gasteiger partial charge in [-0.15, -0.1) is 0 Å². The van der Waals surface area contributed by atoms with Crippen molar-refractivity contribution in [3.8, 4) is 0 Å². The number of methoxy groups -OCH3 is 1. The molecule has 2 N–H and O–H groups in total. The maximum atomic E-state index is 12.1. The normalized spacial score (nSPS) is 11.5. The molecule has 0 bridgehead atoms. The number of esters is 1. The van der Waals surface area contributed by atoms with Crippen molar-refractivity contribution in [1.82, 2.24) is 5.32 Å². The van der Waals surface area contributed by atoms with Crippen LogP contribution < -0.4 is 10.6 Å². The zero-order valence-corrected chi connectivity index (χ0v) is 14.5. The first-order chi connectivity index (χ1) is 12.5. The quantitative estimate of drug-likeness (QED) is 0.549. The van der Waals surface area contributed by atoms with Gasteiger partial charge in [0, 0.05) is 19.3 Å². The van der Waals surface area contributed by atoms with E-state index in [-0.39, 0.29) is 11.3 Å². The molecule has 0 spiro atoms. The lowest BCUT2D eigenvalue weighted by atomic mass is 10.2. The summed E-state index contributed by atoms with van der Waals surface area (Å²) in [7, 11) is 1.52. The van der Waals surface area contributed by atoms with Gasteiger partial charge in [-0.1, -0.05) is 0 Å². The van der Waals surface area contributed by atoms with E-state index in [1.165, 1.54) is 32.4 Å². The minimum atomic E-state index is -0.933. The van der Waals surface area contributed by atoms with Gasteiger partial charge in [0.05, 0.1) is 18.4 Å². The number of hydrogen-bond acceptors (Lipinski definition) is 6. The number of ether oxygens (including phenoxy) is 2. The highest BCUT2D eigenvalue weighted by molar-refractivity contribution is 6.02. The monoisotopic (exact) mass is 360 g/mol. The minimum absolute atomic E-state index is 0.182. The summed E-state index contributed by atoms with van der Waals surface area (Å²) < 4.78 is 14.9. The Balaban J connectivity index is 1.87. The zero-order chi connectivity index (χ0) is 18.9. The summed E-state index contributed by atoms with van der Waals surface area (Å²) in [6.45, 7) is 2.19. The van der Waals surface area contributed by atoms with Crippen molar-refractivity contribution in [3.63, 3.8) is 0 Å². The zero-order valence-electron chi connectivity index (χ0n) is 14.5. The Morgan fingerprint density at radius 2 is 1.88 bits per heavy atom. The fraction of sp³-hybridized carbons (Fsp3) is 0.278. The molecule has 0 saturated heterocycles. The summed E-state index contributed by atoms with van der Waals surface area (Å²) >= 11 is 0. The molecule has 138 valence electrons. The minimum Gasteiger partial charge on any atom is -0.459 e. The molecule has 0 unspecified atom stereocenters. The summed E-state index contributed by atoms with van der Waals surface area (Å²) in [5.74, 6) is -1.26. The molecule has 0 aliphatic rings. The number of carbonyl (C=O) groups excluding carboxylic acids is 3. The van der Waals surface area contributed by atoms with Crippen molar-refractivity contribution in [3.05, 3.63) is 54.0 Å². The summed E-state index contributed by atoms with van der Waals surface area (Å²) in [5, 5.41) is 5.22. The van der Waals surface area contributed by atoms with Crippen molar-refractivity contribution >= 4 is 23.5 Å². The van der Waals surface area contributed by atoms with Gasteiger partial charge in [-0.2, -0.15) is 0 Å². The first-order valence-electron chi connectivity index (χ1n) is 7.94. The van der Waals surface area contributed by atoms with Gasteiger partial charge in [0.2, 0.25) is 0 Å². The van der Waals surface area contributed by atoms with Crippen LogP contribution in [-0.2, 0) is 14.3 Å². The maximum Gasteiger partial charge on any atom is 0.338 e. The number of benzene rings is 1. The molecule has 8 nitrogen and oxygen atoms in total. The topological polar surface area (TPSA) is 107 Å². The van der Waals surface area contributed by atoms with Crippen LogP contribution in [0.1, 0.15) is 27.8 Å². The molecule has 1 aromatic heterocycles. The largest absolute Gasteiger partial charge is 0.459 e. The van der Waals surface area contributed by atoms with Crippen LogP contribution in [0.5, 0.6) is 0 Å². The van der Waals surface area contributed by atoms with Gasteiger partial charge in [0.1, 0.15) is 0 Å². The third-order valence-corrected chi connectivity index (χ3v) is 3.38. The van der Waals surface area contributed by atoms with Gasteiger partial charge in [-0.25, -0.2) is 4.79 Å². The highest BCUT2D eigenvalue weighted by Crippen LogP contribution is 2.13. The molecular formula is C18H20N2O6. The molecule has 2 rings (SSSR count). The standard InChI is InChI=1S/C18H20N2O6/c1-12(16(21)19-9-11-24-2)26-18(23)13-5-7-14(8-6-13)20-17(22)15-4-3-10-25-15/h3-8,10,12H,9,11H2,1-2H3,(H,19,21)(H,20,22)/t12-/m0/s1. The van der Waals surface area contributed by atoms with Gasteiger partial charge in [-0.05, 0) is 43.3 Å². The number of carbonyl (C=O) groups is 3. The lowest BCUT2D eigenvalue weighted by Crippen LogP contribution is -2.37. The smallest absolute Gasteiger partial charge is 0.338 e. The van der Waals surface area contributed by atoms with E-state index in [1.807, 2.05) is 0 Å². The Morgan fingerprint density at radius 3 is 2.50 bits per heavy atom. The SMILES string of the molecule is COCCNC(=O)[C@H](C)OC(=O)c1ccc(NC(=O)c2ccco2)cc1.